The number of aliphatic hydroxyl groups is 1. The number of tetrazole rings is 1. The molecule has 7 nitrogen and oxygen atoms in total. The molecule has 0 radical (unpaired) electrons. The van der Waals surface area contributed by atoms with E-state index in [9.17, 15) is 18.7 Å². The predicted octanol–water partition coefficient (Wildman–Crippen LogP) is 2.78. The van der Waals surface area contributed by atoms with Gasteiger partial charge in [-0.05, 0) is 29.7 Å². The Bertz CT molecular complexity index is 862. The van der Waals surface area contributed by atoms with E-state index >= 15 is 0 Å². The number of alkyl halides is 2. The average Bonchev–Trinajstić information content (AvgIpc) is 3.31. The summed E-state index contributed by atoms with van der Waals surface area (Å²) in [5.41, 5.74) is -0.239. The lowest BCUT2D eigenvalue weighted by atomic mass is 10.0. The summed E-state index contributed by atoms with van der Waals surface area (Å²) in [5.74, 6) is -2.56. The summed E-state index contributed by atoms with van der Waals surface area (Å²) in [6.45, 7) is 0.552. The van der Waals surface area contributed by atoms with E-state index in [0.717, 1.165) is 29.8 Å². The standard InChI is InChI=1S/C20H25F2N5O2S/c1-26-19(23-24-25-26)30-14-6-5-13-27-16(10-12-18(27)29)9-11-17(28)20(21,22)15-7-3-2-4-8-15/h2-4,7-9,11,16-17,28H,5-6,10,12-14H2,1H3/t16-,17?/m0/s1. The average molecular weight is 438 g/mol. The van der Waals surface area contributed by atoms with Gasteiger partial charge in [0.1, 0.15) is 6.10 Å². The van der Waals surface area contributed by atoms with Gasteiger partial charge in [-0.25, -0.2) is 4.68 Å². The minimum Gasteiger partial charge on any atom is -0.382 e. The van der Waals surface area contributed by atoms with Crippen molar-refractivity contribution in [2.45, 2.75) is 48.9 Å². The van der Waals surface area contributed by atoms with Crippen molar-refractivity contribution in [2.75, 3.05) is 12.3 Å². The lowest BCUT2D eigenvalue weighted by Gasteiger charge is -2.24. The van der Waals surface area contributed by atoms with Crippen molar-refractivity contribution in [3.8, 4) is 0 Å². The van der Waals surface area contributed by atoms with E-state index in [4.69, 9.17) is 0 Å². The molecule has 1 aromatic heterocycles. The maximum Gasteiger partial charge on any atom is 0.302 e. The second-order valence-corrected chi connectivity index (χ2v) is 8.21. The zero-order valence-corrected chi connectivity index (χ0v) is 17.5. The van der Waals surface area contributed by atoms with Gasteiger partial charge < -0.3 is 10.0 Å². The highest BCUT2D eigenvalue weighted by Gasteiger charge is 2.39. The van der Waals surface area contributed by atoms with Crippen LogP contribution in [-0.4, -0.2) is 60.6 Å². The third kappa shape index (κ3) is 5.42. The first kappa shape index (κ1) is 22.4. The number of benzene rings is 1. The first-order valence-electron chi connectivity index (χ1n) is 9.84. The van der Waals surface area contributed by atoms with E-state index in [1.54, 1.807) is 34.5 Å². The zero-order valence-electron chi connectivity index (χ0n) is 16.7. The van der Waals surface area contributed by atoms with Gasteiger partial charge in [0, 0.05) is 31.3 Å². The summed E-state index contributed by atoms with van der Waals surface area (Å²) >= 11 is 1.55. The number of amides is 1. The van der Waals surface area contributed by atoms with Crippen LogP contribution in [0.3, 0.4) is 0 Å². The van der Waals surface area contributed by atoms with Crippen molar-refractivity contribution in [1.82, 2.24) is 25.1 Å². The Morgan fingerprint density at radius 1 is 1.33 bits per heavy atom. The molecule has 162 valence electrons. The van der Waals surface area contributed by atoms with E-state index in [2.05, 4.69) is 15.5 Å². The van der Waals surface area contributed by atoms with Crippen LogP contribution >= 0.6 is 11.8 Å². The number of likely N-dealkylation sites (tertiary alicyclic amines) is 1. The number of hydrogen-bond donors (Lipinski definition) is 1. The van der Waals surface area contributed by atoms with Crippen LogP contribution in [0.15, 0.2) is 47.6 Å². The number of halogens is 2. The maximum absolute atomic E-state index is 14.4. The van der Waals surface area contributed by atoms with Crippen LogP contribution in [0.4, 0.5) is 8.78 Å². The Morgan fingerprint density at radius 2 is 2.10 bits per heavy atom. The number of aliphatic hydroxyl groups excluding tert-OH is 1. The number of hydrogen-bond acceptors (Lipinski definition) is 6. The van der Waals surface area contributed by atoms with Crippen molar-refractivity contribution >= 4 is 17.7 Å². The zero-order chi connectivity index (χ0) is 21.6. The minimum atomic E-state index is -3.39. The molecule has 3 rings (SSSR count). The summed E-state index contributed by atoms with van der Waals surface area (Å²) < 4.78 is 30.5. The fraction of sp³-hybridized carbons (Fsp3) is 0.500. The van der Waals surface area contributed by atoms with Gasteiger partial charge in [-0.15, -0.1) is 5.10 Å². The molecular formula is C20H25F2N5O2S. The highest BCUT2D eigenvalue weighted by atomic mass is 32.2. The predicted molar refractivity (Wildman–Crippen MR) is 109 cm³/mol. The largest absolute Gasteiger partial charge is 0.382 e. The molecule has 1 saturated heterocycles. The fourth-order valence-corrected chi connectivity index (χ4v) is 4.17. The van der Waals surface area contributed by atoms with Crippen LogP contribution in [0.5, 0.6) is 0 Å². The summed E-state index contributed by atoms with van der Waals surface area (Å²) in [6.07, 6.45) is 3.31. The van der Waals surface area contributed by atoms with Crippen molar-refractivity contribution < 1.29 is 18.7 Å². The third-order valence-corrected chi connectivity index (χ3v) is 6.12. The Hall–Kier alpha value is -2.33. The molecular weight excluding hydrogens is 412 g/mol. The van der Waals surface area contributed by atoms with E-state index in [1.807, 2.05) is 0 Å². The number of aromatic nitrogens is 4. The Labute approximate surface area is 178 Å². The van der Waals surface area contributed by atoms with E-state index in [1.165, 1.54) is 30.3 Å². The lowest BCUT2D eigenvalue weighted by Crippen LogP contribution is -2.34. The van der Waals surface area contributed by atoms with Gasteiger partial charge in [0.05, 0.1) is 6.04 Å². The number of nitrogens with zero attached hydrogens (tertiary/aromatic N) is 5. The topological polar surface area (TPSA) is 84.1 Å². The van der Waals surface area contributed by atoms with E-state index < -0.39 is 12.0 Å². The molecule has 1 amide bonds. The Kier molecular flexibility index (Phi) is 7.54. The van der Waals surface area contributed by atoms with Gasteiger partial charge in [0.25, 0.3) is 0 Å². The fourth-order valence-electron chi connectivity index (χ4n) is 3.32. The smallest absolute Gasteiger partial charge is 0.302 e. The lowest BCUT2D eigenvalue weighted by molar-refractivity contribution is -0.128. The first-order chi connectivity index (χ1) is 14.4. The monoisotopic (exact) mass is 437 g/mol. The van der Waals surface area contributed by atoms with E-state index in [0.29, 0.717) is 19.4 Å². The highest BCUT2D eigenvalue weighted by molar-refractivity contribution is 7.99. The highest BCUT2D eigenvalue weighted by Crippen LogP contribution is 2.32. The first-order valence-corrected chi connectivity index (χ1v) is 10.8. The van der Waals surface area contributed by atoms with Gasteiger partial charge in [0.2, 0.25) is 11.1 Å². The van der Waals surface area contributed by atoms with E-state index in [-0.39, 0.29) is 17.5 Å². The second kappa shape index (κ2) is 10.1. The molecule has 2 aromatic rings. The van der Waals surface area contributed by atoms with Gasteiger partial charge >= 0.3 is 5.92 Å². The van der Waals surface area contributed by atoms with Crippen LogP contribution in [-0.2, 0) is 17.8 Å². The van der Waals surface area contributed by atoms with Crippen LogP contribution in [0.2, 0.25) is 0 Å². The third-order valence-electron chi connectivity index (χ3n) is 5.03. The molecule has 2 heterocycles. The molecule has 0 saturated carbocycles. The number of aryl methyl sites for hydroxylation is 1. The molecule has 0 bridgehead atoms. The Morgan fingerprint density at radius 3 is 2.80 bits per heavy atom. The molecule has 1 fully saturated rings. The van der Waals surface area contributed by atoms with Gasteiger partial charge in [-0.2, -0.15) is 8.78 Å². The van der Waals surface area contributed by atoms with Crippen molar-refractivity contribution in [2.24, 2.45) is 7.05 Å². The van der Waals surface area contributed by atoms with Gasteiger partial charge in [-0.3, -0.25) is 4.79 Å². The number of unbranched alkanes of at least 4 members (excludes halogenated alkanes) is 1. The van der Waals surface area contributed by atoms with Crippen molar-refractivity contribution in [1.29, 1.82) is 0 Å². The minimum absolute atomic E-state index is 0.0131. The van der Waals surface area contributed by atoms with Crippen LogP contribution in [0, 0.1) is 0 Å². The van der Waals surface area contributed by atoms with Crippen molar-refractivity contribution in [3.05, 3.63) is 48.0 Å². The molecule has 1 aliphatic rings. The second-order valence-electron chi connectivity index (χ2n) is 7.15. The van der Waals surface area contributed by atoms with Gasteiger partial charge in [0.15, 0.2) is 0 Å². The van der Waals surface area contributed by atoms with Gasteiger partial charge in [-0.1, -0.05) is 54.2 Å². The number of rotatable bonds is 10. The molecule has 2 atom stereocenters. The molecule has 1 unspecified atom stereocenters. The molecule has 1 N–H and O–H groups in total. The summed E-state index contributed by atoms with van der Waals surface area (Å²) in [5, 5.41) is 22.0. The van der Waals surface area contributed by atoms with Crippen LogP contribution in [0.25, 0.3) is 0 Å². The molecule has 1 aliphatic heterocycles. The SMILES string of the molecule is Cn1nnnc1SCCCCN1C(=O)CC[C@@H]1C=CC(O)C(F)(F)c1ccccc1. The molecule has 1 aromatic carbocycles. The number of thioether (sulfide) groups is 1. The normalized spacial score (nSPS) is 18.5. The molecule has 0 spiro atoms. The van der Waals surface area contributed by atoms with Crippen LogP contribution in [0.1, 0.15) is 31.2 Å². The quantitative estimate of drug-likeness (QED) is 0.350. The Balaban J connectivity index is 1.49. The number of carbonyl (C=O) groups is 1. The summed E-state index contributed by atoms with van der Waals surface area (Å²) in [4.78, 5) is 13.9. The molecule has 10 heteroatoms. The van der Waals surface area contributed by atoms with Crippen molar-refractivity contribution in [3.63, 3.8) is 0 Å². The van der Waals surface area contributed by atoms with Crippen LogP contribution < -0.4 is 0 Å². The number of carbonyl (C=O) groups excluding carboxylic acids is 1. The molecule has 30 heavy (non-hydrogen) atoms. The molecule has 0 aliphatic carbocycles. The maximum atomic E-state index is 14.4. The summed E-state index contributed by atoms with van der Waals surface area (Å²) in [7, 11) is 1.78. The summed E-state index contributed by atoms with van der Waals surface area (Å²) in [6, 6.07) is 6.97.